The normalized spacial score (nSPS) is 17.2. The van der Waals surface area contributed by atoms with Crippen LogP contribution < -0.4 is 10.6 Å². The first kappa shape index (κ1) is 14.5. The van der Waals surface area contributed by atoms with Crippen molar-refractivity contribution >= 4 is 28.2 Å². The molecule has 0 radical (unpaired) electrons. The molecule has 1 saturated carbocycles. The molecule has 3 rings (SSSR count). The third-order valence-corrected chi connectivity index (χ3v) is 5.15. The number of methoxy groups -OCH3 is 1. The second-order valence-corrected chi connectivity index (χ2v) is 6.72. The highest BCUT2D eigenvalue weighted by Crippen LogP contribution is 2.38. The summed E-state index contributed by atoms with van der Waals surface area (Å²) in [4.78, 5) is 25.3. The van der Waals surface area contributed by atoms with E-state index in [0.29, 0.717) is 23.2 Å². The Kier molecular flexibility index (Phi) is 4.26. The summed E-state index contributed by atoms with van der Waals surface area (Å²) in [7, 11) is 1.38. The quantitative estimate of drug-likeness (QED) is 0.818. The molecule has 114 valence electrons. The van der Waals surface area contributed by atoms with Gasteiger partial charge in [-0.25, -0.2) is 4.79 Å². The van der Waals surface area contributed by atoms with E-state index in [2.05, 4.69) is 10.6 Å². The van der Waals surface area contributed by atoms with Gasteiger partial charge in [0.05, 0.1) is 19.2 Å². The first-order chi connectivity index (χ1) is 10.2. The lowest BCUT2D eigenvalue weighted by Gasteiger charge is -2.11. The molecule has 0 aromatic carbocycles. The Balaban J connectivity index is 1.77. The van der Waals surface area contributed by atoms with Gasteiger partial charge < -0.3 is 15.4 Å². The molecule has 1 heterocycles. The molecule has 2 aliphatic carbocycles. The van der Waals surface area contributed by atoms with Crippen LogP contribution in [0.15, 0.2) is 0 Å². The van der Waals surface area contributed by atoms with Gasteiger partial charge in [0.25, 0.3) is 0 Å². The van der Waals surface area contributed by atoms with Crippen molar-refractivity contribution in [2.75, 3.05) is 19.0 Å². The molecule has 0 aliphatic heterocycles. The van der Waals surface area contributed by atoms with E-state index in [-0.39, 0.29) is 11.9 Å². The third kappa shape index (κ3) is 3.27. The van der Waals surface area contributed by atoms with Gasteiger partial charge in [0.15, 0.2) is 0 Å². The number of hydrogen-bond acceptors (Lipinski definition) is 5. The SMILES string of the molecule is COC(=O)c1c(NC(=O)CNC2CC2)sc2c1CCCC2. The van der Waals surface area contributed by atoms with Crippen LogP contribution in [0.4, 0.5) is 5.00 Å². The highest BCUT2D eigenvalue weighted by molar-refractivity contribution is 7.17. The molecule has 1 amide bonds. The van der Waals surface area contributed by atoms with Crippen LogP contribution in [0.2, 0.25) is 0 Å². The van der Waals surface area contributed by atoms with Crippen LogP contribution >= 0.6 is 11.3 Å². The first-order valence-electron chi connectivity index (χ1n) is 7.45. The molecule has 2 N–H and O–H groups in total. The number of rotatable bonds is 5. The maximum absolute atomic E-state index is 12.0. The van der Waals surface area contributed by atoms with Gasteiger partial charge in [-0.15, -0.1) is 11.3 Å². The molecular weight excluding hydrogens is 288 g/mol. The molecule has 1 aromatic heterocycles. The van der Waals surface area contributed by atoms with Gasteiger partial charge in [0.2, 0.25) is 5.91 Å². The van der Waals surface area contributed by atoms with Crippen LogP contribution in [0.3, 0.4) is 0 Å². The number of carbonyl (C=O) groups is 2. The van der Waals surface area contributed by atoms with Gasteiger partial charge in [-0.2, -0.15) is 0 Å². The molecule has 0 unspecified atom stereocenters. The van der Waals surface area contributed by atoms with E-state index in [0.717, 1.165) is 44.1 Å². The first-order valence-corrected chi connectivity index (χ1v) is 8.26. The number of thiophene rings is 1. The monoisotopic (exact) mass is 308 g/mol. The van der Waals surface area contributed by atoms with Crippen LogP contribution in [-0.2, 0) is 22.4 Å². The van der Waals surface area contributed by atoms with Gasteiger partial charge >= 0.3 is 5.97 Å². The van der Waals surface area contributed by atoms with Crippen molar-refractivity contribution in [2.45, 2.75) is 44.6 Å². The maximum Gasteiger partial charge on any atom is 0.341 e. The van der Waals surface area contributed by atoms with E-state index in [1.54, 1.807) is 0 Å². The van der Waals surface area contributed by atoms with Crippen molar-refractivity contribution in [3.8, 4) is 0 Å². The topological polar surface area (TPSA) is 67.4 Å². The van der Waals surface area contributed by atoms with Crippen molar-refractivity contribution in [1.29, 1.82) is 0 Å². The Morgan fingerprint density at radius 2 is 2.05 bits per heavy atom. The van der Waals surface area contributed by atoms with Crippen LogP contribution in [-0.4, -0.2) is 31.6 Å². The molecule has 0 atom stereocenters. The maximum atomic E-state index is 12.0. The predicted octanol–water partition coefficient (Wildman–Crippen LogP) is 2.10. The number of anilines is 1. The van der Waals surface area contributed by atoms with E-state index in [1.807, 2.05) is 0 Å². The number of amides is 1. The van der Waals surface area contributed by atoms with E-state index < -0.39 is 0 Å². The summed E-state index contributed by atoms with van der Waals surface area (Å²) < 4.78 is 4.89. The third-order valence-electron chi connectivity index (χ3n) is 3.94. The number of nitrogens with one attached hydrogen (secondary N) is 2. The van der Waals surface area contributed by atoms with E-state index in [1.165, 1.54) is 23.3 Å². The Morgan fingerprint density at radius 1 is 1.29 bits per heavy atom. The van der Waals surface area contributed by atoms with Crippen LogP contribution in [0.5, 0.6) is 0 Å². The highest BCUT2D eigenvalue weighted by Gasteiger charge is 2.27. The van der Waals surface area contributed by atoms with Crippen LogP contribution in [0, 0.1) is 0 Å². The zero-order chi connectivity index (χ0) is 14.8. The second kappa shape index (κ2) is 6.15. The molecule has 2 aliphatic rings. The lowest BCUT2D eigenvalue weighted by atomic mass is 9.95. The average molecular weight is 308 g/mol. The minimum absolute atomic E-state index is 0.0920. The summed E-state index contributed by atoms with van der Waals surface area (Å²) in [5.74, 6) is -0.439. The summed E-state index contributed by atoms with van der Waals surface area (Å²) in [5.41, 5.74) is 1.64. The van der Waals surface area contributed by atoms with Crippen LogP contribution in [0.1, 0.15) is 46.5 Å². The standard InChI is InChI=1S/C15H20N2O3S/c1-20-15(19)13-10-4-2-3-5-11(10)21-14(13)17-12(18)8-16-9-6-7-9/h9,16H,2-8H2,1H3,(H,17,18). The van der Waals surface area contributed by atoms with Crippen molar-refractivity contribution in [1.82, 2.24) is 5.32 Å². The molecule has 0 spiro atoms. The summed E-state index contributed by atoms with van der Waals surface area (Å²) >= 11 is 1.52. The Hall–Kier alpha value is -1.40. The van der Waals surface area contributed by atoms with Crippen LogP contribution in [0.25, 0.3) is 0 Å². The number of hydrogen-bond donors (Lipinski definition) is 2. The molecule has 0 bridgehead atoms. The van der Waals surface area contributed by atoms with E-state index in [9.17, 15) is 9.59 Å². The summed E-state index contributed by atoms with van der Waals surface area (Å²) in [6, 6.07) is 0.493. The fraction of sp³-hybridized carbons (Fsp3) is 0.600. The summed E-state index contributed by atoms with van der Waals surface area (Å²) in [6.07, 6.45) is 6.41. The molecule has 0 saturated heterocycles. The van der Waals surface area contributed by atoms with Crippen molar-refractivity contribution in [2.24, 2.45) is 0 Å². The van der Waals surface area contributed by atoms with Crippen molar-refractivity contribution in [3.63, 3.8) is 0 Å². The molecule has 1 fully saturated rings. The number of carbonyl (C=O) groups excluding carboxylic acids is 2. The zero-order valence-corrected chi connectivity index (χ0v) is 13.0. The Morgan fingerprint density at radius 3 is 2.76 bits per heavy atom. The minimum Gasteiger partial charge on any atom is -0.465 e. The van der Waals surface area contributed by atoms with Gasteiger partial charge in [-0.05, 0) is 44.1 Å². The number of fused-ring (bicyclic) bond motifs is 1. The summed E-state index contributed by atoms with van der Waals surface area (Å²) in [6.45, 7) is 0.299. The largest absolute Gasteiger partial charge is 0.465 e. The average Bonchev–Trinajstić information content (AvgIpc) is 3.25. The highest BCUT2D eigenvalue weighted by atomic mass is 32.1. The van der Waals surface area contributed by atoms with Gasteiger partial charge in [0, 0.05) is 10.9 Å². The van der Waals surface area contributed by atoms with Crippen molar-refractivity contribution in [3.05, 3.63) is 16.0 Å². The lowest BCUT2D eigenvalue weighted by Crippen LogP contribution is -2.29. The molecule has 5 nitrogen and oxygen atoms in total. The second-order valence-electron chi connectivity index (χ2n) is 5.61. The van der Waals surface area contributed by atoms with Gasteiger partial charge in [-0.1, -0.05) is 0 Å². The molecule has 21 heavy (non-hydrogen) atoms. The smallest absolute Gasteiger partial charge is 0.341 e. The fourth-order valence-corrected chi connectivity index (χ4v) is 3.96. The van der Waals surface area contributed by atoms with E-state index in [4.69, 9.17) is 4.74 Å². The fourth-order valence-electron chi connectivity index (χ4n) is 2.67. The van der Waals surface area contributed by atoms with Gasteiger partial charge in [-0.3, -0.25) is 4.79 Å². The molecule has 6 heteroatoms. The van der Waals surface area contributed by atoms with Crippen molar-refractivity contribution < 1.29 is 14.3 Å². The lowest BCUT2D eigenvalue weighted by molar-refractivity contribution is -0.115. The Bertz CT molecular complexity index is 564. The Labute approximate surface area is 128 Å². The molecule has 1 aromatic rings. The number of esters is 1. The molecular formula is C15H20N2O3S. The minimum atomic E-state index is -0.347. The van der Waals surface area contributed by atoms with E-state index >= 15 is 0 Å². The number of ether oxygens (including phenoxy) is 1. The van der Waals surface area contributed by atoms with Gasteiger partial charge in [0.1, 0.15) is 5.00 Å². The zero-order valence-electron chi connectivity index (χ0n) is 12.2. The predicted molar refractivity (Wildman–Crippen MR) is 82.0 cm³/mol. The summed E-state index contributed by atoms with van der Waals surface area (Å²) in [5, 5.41) is 6.71. The number of aryl methyl sites for hydroxylation is 1.